The van der Waals surface area contributed by atoms with Crippen LogP contribution in [0.5, 0.6) is 0 Å². The van der Waals surface area contributed by atoms with Crippen LogP contribution in [0.4, 0.5) is 80.5 Å². The number of aryl methyl sites for hydroxylation is 3. The van der Waals surface area contributed by atoms with E-state index in [2.05, 4.69) is 49.6 Å². The number of benzene rings is 3. The second-order valence-corrected chi connectivity index (χ2v) is 28.8. The van der Waals surface area contributed by atoms with Crippen molar-refractivity contribution in [1.29, 1.82) is 0 Å². The molecule has 29 nitrogen and oxygen atoms in total. The van der Waals surface area contributed by atoms with Gasteiger partial charge in [0.25, 0.3) is 0 Å². The van der Waals surface area contributed by atoms with Gasteiger partial charge < -0.3 is 82.8 Å². The molecule has 6 rings (SSSR count). The first-order chi connectivity index (χ1) is 53.8. The van der Waals surface area contributed by atoms with Gasteiger partial charge in [-0.25, -0.2) is 24.0 Å². The Bertz CT molecular complexity index is 3580. The number of halogens is 9. The lowest BCUT2D eigenvalue weighted by Crippen LogP contribution is -2.49. The molecule has 3 N–H and O–H groups in total. The molecule has 0 bridgehead atoms. The Morgan fingerprint density at radius 2 is 0.696 bits per heavy atom. The lowest BCUT2D eigenvalue weighted by Gasteiger charge is -2.35. The van der Waals surface area contributed by atoms with Gasteiger partial charge in [0, 0.05) is 168 Å². The van der Waals surface area contributed by atoms with Crippen molar-refractivity contribution in [3.05, 3.63) is 88.0 Å². The van der Waals surface area contributed by atoms with Crippen LogP contribution in [-0.4, -0.2) is 251 Å². The minimum absolute atomic E-state index is 0.117. The van der Waals surface area contributed by atoms with Crippen molar-refractivity contribution in [1.82, 2.24) is 29.4 Å². The van der Waals surface area contributed by atoms with Gasteiger partial charge in [0.1, 0.15) is 0 Å². The van der Waals surface area contributed by atoms with Crippen LogP contribution >= 0.6 is 0 Å². The molecule has 3 aliphatic heterocycles. The van der Waals surface area contributed by atoms with Crippen molar-refractivity contribution in [2.45, 2.75) is 211 Å². The zero-order valence-electron chi connectivity index (χ0n) is 67.8. The quantitative estimate of drug-likeness (QED) is 0.0172. The van der Waals surface area contributed by atoms with Crippen LogP contribution in [0.25, 0.3) is 0 Å². The van der Waals surface area contributed by atoms with E-state index in [0.29, 0.717) is 97.8 Å². The largest absolute Gasteiger partial charge is 0.511 e. The predicted octanol–water partition coefficient (Wildman–Crippen LogP) is 13.8. The molecular weight excluding hydrogens is 1540 g/mol. The first kappa shape index (κ1) is 97.9. The number of rotatable bonds is 32. The molecule has 5 unspecified atom stereocenters. The number of nitrogens with one attached hydrogen (secondary N) is 3. The summed E-state index contributed by atoms with van der Waals surface area (Å²) in [5.41, 5.74) is 8.24. The van der Waals surface area contributed by atoms with E-state index in [0.717, 1.165) is 71.2 Å². The fraction of sp³-hybridized carbons (Fsp3) is 0.649. The van der Waals surface area contributed by atoms with Crippen molar-refractivity contribution < 1.29 is 135 Å². The highest BCUT2D eigenvalue weighted by Gasteiger charge is 2.43. The van der Waals surface area contributed by atoms with Crippen LogP contribution in [-0.2, 0) is 90.9 Å². The van der Waals surface area contributed by atoms with Crippen LogP contribution in [0.1, 0.15) is 148 Å². The van der Waals surface area contributed by atoms with E-state index in [-0.39, 0.29) is 71.2 Å². The van der Waals surface area contributed by atoms with Gasteiger partial charge in [-0.2, -0.15) is 39.5 Å². The molecule has 648 valence electrons. The molecule has 3 aliphatic rings. The smallest absolute Gasteiger partial charge is 0.437 e. The second kappa shape index (κ2) is 47.5. The lowest BCUT2D eigenvalue weighted by atomic mass is 9.98. The standard InChI is InChI=1S/C26H38F3N3O7.C26H38F3N3O6.C25H36F3N3O7/c1-17(2)36-25(35)39-20(5)38-23(33)7-6-10-30-22-15-18(3)8-9-21(22)16-31-11-13-32(14-12-31)24(34)37-19(4)26(27,28)29;1-18-8-9-20(16-31-11-13-32(14-12-31)24(35)38-19(2)26(27,28)29)21(15-18)30-10-6-7-22(33)36-17-37-23(34)25(3,4)5;1-5-35-24(34)38-19(4)37-22(32)7-6-10-29-21-15-17(2)8-9-20(21)16-30-11-13-31(14-12-30)23(33)36-18(3)25(26,27)28/h8-9,15,17,19-20,30H,6-7,10-14,16H2,1-5H3;8-9,15,19,30H,6-7,10-14,16-17H2,1-5H3;8-9,15,18-19,29H,5-7,10-14,16H2,1-4H3. The van der Waals surface area contributed by atoms with Crippen LogP contribution in [0.15, 0.2) is 54.6 Å². The van der Waals surface area contributed by atoms with Gasteiger partial charge in [0.15, 0.2) is 18.3 Å². The van der Waals surface area contributed by atoms with E-state index in [1.165, 1.54) is 28.5 Å². The van der Waals surface area contributed by atoms with Crippen LogP contribution in [0, 0.1) is 26.2 Å². The zero-order valence-corrected chi connectivity index (χ0v) is 67.8. The molecule has 3 saturated heterocycles. The third kappa shape index (κ3) is 38.2. The van der Waals surface area contributed by atoms with E-state index in [1.54, 1.807) is 41.5 Å². The monoisotopic (exact) mass is 1650 g/mol. The molecule has 38 heteroatoms. The van der Waals surface area contributed by atoms with Crippen molar-refractivity contribution in [2.24, 2.45) is 5.41 Å². The summed E-state index contributed by atoms with van der Waals surface area (Å²) in [6.45, 7) is 28.8. The number of anilines is 3. The molecule has 0 aromatic heterocycles. The Morgan fingerprint density at radius 1 is 0.391 bits per heavy atom. The number of carbonyl (C=O) groups is 9. The van der Waals surface area contributed by atoms with Crippen molar-refractivity contribution in [3.63, 3.8) is 0 Å². The molecule has 0 radical (unpaired) electrons. The normalized spacial score (nSPS) is 15.7. The first-order valence-electron chi connectivity index (χ1n) is 38.0. The number of ether oxygens (including phenoxy) is 11. The Labute approximate surface area is 664 Å². The molecular formula is C77H112F9N9O20. The number of hydrogen-bond acceptors (Lipinski definition) is 26. The molecule has 3 amide bonds. The highest BCUT2D eigenvalue weighted by Crippen LogP contribution is 2.29. The average molecular weight is 1650 g/mol. The Kier molecular flexibility index (Phi) is 40.5. The highest BCUT2D eigenvalue weighted by molar-refractivity contribution is 5.76. The Balaban J connectivity index is 0.000000363. The molecule has 3 aromatic carbocycles. The number of alkyl halides is 9. The summed E-state index contributed by atoms with van der Waals surface area (Å²) in [5, 5.41) is 10.0. The molecule has 3 fully saturated rings. The number of esters is 4. The SMILES string of the molecule is CCOC(=O)OC(C)OC(=O)CCCNc1cc(C)ccc1CN1CCN(C(=O)OC(C)C(F)(F)F)CC1.Cc1ccc(CN2CCN(C(=O)OC(C)C(F)(F)F)CC2)c(NCCCC(=O)OC(C)OC(=O)OC(C)C)c1.Cc1ccc(CN2CCN(C(=O)OC(C)C(F)(F)F)CC2)c(NCCCC(=O)OCOC(=O)C(C)(C)C)c1. The maximum absolute atomic E-state index is 12.7. The molecule has 0 aliphatic carbocycles. The van der Waals surface area contributed by atoms with E-state index in [9.17, 15) is 82.7 Å². The minimum Gasteiger partial charge on any atom is -0.437 e. The number of carbonyl (C=O) groups excluding carboxylic acids is 9. The van der Waals surface area contributed by atoms with E-state index < -0.39 is 116 Å². The molecule has 3 aromatic rings. The van der Waals surface area contributed by atoms with E-state index >= 15 is 0 Å². The van der Waals surface area contributed by atoms with E-state index in [1.807, 2.05) is 75.4 Å². The maximum atomic E-state index is 12.7. The van der Waals surface area contributed by atoms with Gasteiger partial charge in [0.05, 0.1) is 18.1 Å². The molecule has 3 heterocycles. The summed E-state index contributed by atoms with van der Waals surface area (Å²) in [7, 11) is 0. The maximum Gasteiger partial charge on any atom is 0.511 e. The van der Waals surface area contributed by atoms with E-state index in [4.69, 9.17) is 33.2 Å². The number of piperazine rings is 3. The molecule has 115 heavy (non-hydrogen) atoms. The summed E-state index contributed by atoms with van der Waals surface area (Å²) in [4.78, 5) is 117. The van der Waals surface area contributed by atoms with Gasteiger partial charge in [0.2, 0.25) is 19.4 Å². The lowest BCUT2D eigenvalue weighted by molar-refractivity contribution is -0.200. The van der Waals surface area contributed by atoms with Gasteiger partial charge in [-0.15, -0.1) is 0 Å². The van der Waals surface area contributed by atoms with Gasteiger partial charge in [-0.3, -0.25) is 33.9 Å². The Morgan fingerprint density at radius 3 is 0.983 bits per heavy atom. The van der Waals surface area contributed by atoms with Crippen LogP contribution in [0.3, 0.4) is 0 Å². The van der Waals surface area contributed by atoms with Crippen molar-refractivity contribution in [2.75, 3.05) is 128 Å². The van der Waals surface area contributed by atoms with Crippen molar-refractivity contribution in [3.8, 4) is 0 Å². The molecule has 5 atom stereocenters. The summed E-state index contributed by atoms with van der Waals surface area (Å²) < 4.78 is 167. The predicted molar refractivity (Wildman–Crippen MR) is 402 cm³/mol. The number of nitrogens with zero attached hydrogens (tertiary/aromatic N) is 6. The first-order valence-corrected chi connectivity index (χ1v) is 38.0. The summed E-state index contributed by atoms with van der Waals surface area (Å²) in [5.74, 6) is -1.92. The van der Waals surface area contributed by atoms with Gasteiger partial charge >= 0.3 is 73.0 Å². The number of amides is 3. The summed E-state index contributed by atoms with van der Waals surface area (Å²) >= 11 is 0. The fourth-order valence-electron chi connectivity index (χ4n) is 10.8. The highest BCUT2D eigenvalue weighted by atomic mass is 19.4. The van der Waals surface area contributed by atoms with Gasteiger partial charge in [-0.1, -0.05) is 36.4 Å². The third-order valence-corrected chi connectivity index (χ3v) is 17.4. The summed E-state index contributed by atoms with van der Waals surface area (Å²) in [6, 6.07) is 17.9. The number of hydrogen-bond donors (Lipinski definition) is 3. The molecule has 0 spiro atoms. The summed E-state index contributed by atoms with van der Waals surface area (Å²) in [6.07, 6.45) is -25.5. The average Bonchev–Trinajstić information content (AvgIpc) is 0.850. The topological polar surface area (TPSA) is 311 Å². The third-order valence-electron chi connectivity index (χ3n) is 17.4. The zero-order chi connectivity index (χ0) is 86.0. The minimum atomic E-state index is -4.59. The fourth-order valence-corrected chi connectivity index (χ4v) is 10.8. The van der Waals surface area contributed by atoms with Crippen molar-refractivity contribution >= 4 is 71.5 Å². The van der Waals surface area contributed by atoms with Crippen LogP contribution < -0.4 is 16.0 Å². The second-order valence-electron chi connectivity index (χ2n) is 28.8. The van der Waals surface area contributed by atoms with Crippen LogP contribution in [0.2, 0.25) is 0 Å². The van der Waals surface area contributed by atoms with Gasteiger partial charge in [-0.05, 0) is 154 Å². The Hall–Kier alpha value is -9.46. The molecule has 0 saturated carbocycles.